The molecular weight excluding hydrogens is 554 g/mol. The van der Waals surface area contributed by atoms with Crippen molar-refractivity contribution in [3.8, 4) is 18.0 Å². The molecule has 0 bridgehead atoms. The van der Waals surface area contributed by atoms with E-state index in [0.717, 1.165) is 67.9 Å². The molecule has 2 saturated heterocycles. The third-order valence-corrected chi connectivity index (χ3v) is 9.71. The highest BCUT2D eigenvalue weighted by molar-refractivity contribution is 5.87. The topological polar surface area (TPSA) is 116 Å². The Bertz CT molecular complexity index is 1510. The molecule has 4 aliphatic heterocycles. The first kappa shape index (κ1) is 29.7. The lowest BCUT2D eigenvalue weighted by molar-refractivity contribution is -0.128. The van der Waals surface area contributed by atoms with Crippen molar-refractivity contribution < 1.29 is 9.53 Å². The molecule has 4 aliphatic rings. The van der Waals surface area contributed by atoms with E-state index in [2.05, 4.69) is 57.4 Å². The standard InChI is InChI=1S/C33H41N9O2/c1-4-30(43)42-16-15-41(20-24(42)9-11-34)32-26-10-14-40(29-19-36-18-23-7-5-13-39(3)31(23)29)21-28(26)37-33(27(32)17-35)44-22-25-8-6-12-38(25)2/h4,18-19,24-25H,1,5-10,12-16,20-22H2,2-3H3/t24-,25-/m0/s1. The minimum Gasteiger partial charge on any atom is -0.475 e. The van der Waals surface area contributed by atoms with Crippen LogP contribution >= 0.6 is 0 Å². The number of ether oxygens (including phenoxy) is 1. The van der Waals surface area contributed by atoms with Gasteiger partial charge in [0.2, 0.25) is 11.8 Å². The molecule has 0 radical (unpaired) electrons. The van der Waals surface area contributed by atoms with Crippen LogP contribution in [0.2, 0.25) is 0 Å². The van der Waals surface area contributed by atoms with E-state index in [1.165, 1.54) is 17.3 Å². The number of nitrogens with zero attached hydrogens (tertiary/aromatic N) is 9. The summed E-state index contributed by atoms with van der Waals surface area (Å²) in [5.74, 6) is 0.197. The highest BCUT2D eigenvalue weighted by Gasteiger charge is 2.36. The molecule has 2 aromatic heterocycles. The van der Waals surface area contributed by atoms with Gasteiger partial charge in [-0.05, 0) is 57.3 Å². The number of nitriles is 2. The monoisotopic (exact) mass is 595 g/mol. The molecule has 1 amide bonds. The normalized spacial score (nSPS) is 21.7. The van der Waals surface area contributed by atoms with Crippen LogP contribution in [0.4, 0.5) is 17.1 Å². The summed E-state index contributed by atoms with van der Waals surface area (Å²) in [7, 11) is 4.26. The van der Waals surface area contributed by atoms with E-state index in [1.54, 1.807) is 4.90 Å². The lowest BCUT2D eigenvalue weighted by Crippen LogP contribution is -2.55. The first-order chi connectivity index (χ1) is 21.4. The average molecular weight is 596 g/mol. The molecule has 6 heterocycles. The first-order valence-corrected chi connectivity index (χ1v) is 15.7. The van der Waals surface area contributed by atoms with Crippen molar-refractivity contribution in [3.63, 3.8) is 0 Å². The Kier molecular flexibility index (Phi) is 8.58. The van der Waals surface area contributed by atoms with E-state index in [4.69, 9.17) is 9.72 Å². The predicted molar refractivity (Wildman–Crippen MR) is 169 cm³/mol. The number of hydrogen-bond donors (Lipinski definition) is 0. The SMILES string of the molecule is C=CC(=O)N1CCN(c2c(C#N)c(OC[C@@H]3CCCN3C)nc3c2CCN(c2cncc4c2N(C)CCC4)C3)C[C@@H]1CC#N. The Hall–Kier alpha value is -4.35. The van der Waals surface area contributed by atoms with Crippen molar-refractivity contribution in [2.45, 2.75) is 57.2 Å². The van der Waals surface area contributed by atoms with Gasteiger partial charge in [-0.15, -0.1) is 0 Å². The fourth-order valence-corrected chi connectivity index (χ4v) is 7.36. The molecular formula is C33H41N9O2. The van der Waals surface area contributed by atoms with Crippen molar-refractivity contribution in [2.24, 2.45) is 0 Å². The maximum atomic E-state index is 12.6. The predicted octanol–water partition coefficient (Wildman–Crippen LogP) is 2.88. The lowest BCUT2D eigenvalue weighted by atomic mass is 9.96. The van der Waals surface area contributed by atoms with Gasteiger partial charge < -0.3 is 29.2 Å². The summed E-state index contributed by atoms with van der Waals surface area (Å²) >= 11 is 0. The van der Waals surface area contributed by atoms with Gasteiger partial charge in [0.25, 0.3) is 0 Å². The molecule has 11 heteroatoms. The van der Waals surface area contributed by atoms with Gasteiger partial charge in [0, 0.05) is 57.6 Å². The molecule has 0 N–H and O–H groups in total. The highest BCUT2D eigenvalue weighted by Crippen LogP contribution is 2.41. The Morgan fingerprint density at radius 1 is 1.07 bits per heavy atom. The Labute approximate surface area is 259 Å². The number of piperazine rings is 1. The molecule has 6 rings (SSSR count). The second kappa shape index (κ2) is 12.7. The zero-order valence-electron chi connectivity index (χ0n) is 25.8. The van der Waals surface area contributed by atoms with Crippen molar-refractivity contribution in [1.82, 2.24) is 19.8 Å². The second-order valence-electron chi connectivity index (χ2n) is 12.3. The third-order valence-electron chi connectivity index (χ3n) is 9.71. The summed E-state index contributed by atoms with van der Waals surface area (Å²) in [6.07, 6.45) is 10.5. The zero-order chi connectivity index (χ0) is 30.8. The van der Waals surface area contributed by atoms with Gasteiger partial charge in [-0.3, -0.25) is 9.78 Å². The summed E-state index contributed by atoms with van der Waals surface area (Å²) in [6.45, 7) is 8.97. The molecule has 44 heavy (non-hydrogen) atoms. The number of aromatic nitrogens is 2. The van der Waals surface area contributed by atoms with Crippen LogP contribution in [0.1, 0.15) is 48.1 Å². The Morgan fingerprint density at radius 2 is 1.93 bits per heavy atom. The van der Waals surface area contributed by atoms with Crippen molar-refractivity contribution >= 4 is 23.0 Å². The van der Waals surface area contributed by atoms with Crippen LogP contribution < -0.4 is 19.4 Å². The van der Waals surface area contributed by atoms with Crippen LogP contribution in [0.3, 0.4) is 0 Å². The van der Waals surface area contributed by atoms with Gasteiger partial charge in [-0.25, -0.2) is 4.98 Å². The van der Waals surface area contributed by atoms with Crippen LogP contribution in [0.5, 0.6) is 5.88 Å². The first-order valence-electron chi connectivity index (χ1n) is 15.7. The number of anilines is 3. The molecule has 0 aromatic carbocycles. The maximum absolute atomic E-state index is 12.6. The molecule has 0 saturated carbocycles. The van der Waals surface area contributed by atoms with Crippen molar-refractivity contribution in [1.29, 1.82) is 10.5 Å². The number of hydrogen-bond acceptors (Lipinski definition) is 10. The molecule has 230 valence electrons. The largest absolute Gasteiger partial charge is 0.475 e. The molecule has 2 aromatic rings. The fraction of sp³-hybridized carbons (Fsp3) is 0.545. The van der Waals surface area contributed by atoms with Crippen LogP contribution in [0, 0.1) is 22.7 Å². The molecule has 2 atom stereocenters. The summed E-state index contributed by atoms with van der Waals surface area (Å²) in [5.41, 5.74) is 6.86. The summed E-state index contributed by atoms with van der Waals surface area (Å²) in [4.78, 5) is 33.2. The summed E-state index contributed by atoms with van der Waals surface area (Å²) in [5, 5.41) is 20.1. The van der Waals surface area contributed by atoms with Gasteiger partial charge in [0.1, 0.15) is 18.2 Å². The number of likely N-dealkylation sites (N-methyl/N-ethyl adjacent to an activating group) is 1. The van der Waals surface area contributed by atoms with Crippen LogP contribution in [0.15, 0.2) is 25.0 Å². The Balaban J connectivity index is 1.39. The van der Waals surface area contributed by atoms with E-state index in [9.17, 15) is 15.3 Å². The fourth-order valence-electron chi connectivity index (χ4n) is 7.36. The average Bonchev–Trinajstić information content (AvgIpc) is 3.46. The van der Waals surface area contributed by atoms with E-state index < -0.39 is 0 Å². The number of carbonyl (C=O) groups excluding carboxylic acids is 1. The summed E-state index contributed by atoms with van der Waals surface area (Å²) in [6, 6.07) is 4.68. The zero-order valence-corrected chi connectivity index (χ0v) is 25.8. The third kappa shape index (κ3) is 5.53. The molecule has 0 unspecified atom stereocenters. The Morgan fingerprint density at radius 3 is 2.68 bits per heavy atom. The molecule has 0 spiro atoms. The molecule has 11 nitrogen and oxygen atoms in total. The van der Waals surface area contributed by atoms with Gasteiger partial charge in [0.15, 0.2) is 0 Å². The van der Waals surface area contributed by atoms with Crippen LogP contribution in [-0.2, 0) is 24.2 Å². The quantitative estimate of drug-likeness (QED) is 0.443. The van der Waals surface area contributed by atoms with Crippen molar-refractivity contribution in [3.05, 3.63) is 47.4 Å². The highest BCUT2D eigenvalue weighted by atomic mass is 16.5. The number of rotatable bonds is 7. The maximum Gasteiger partial charge on any atom is 0.246 e. The molecule has 2 fully saturated rings. The number of fused-ring (bicyclic) bond motifs is 2. The van der Waals surface area contributed by atoms with Gasteiger partial charge in [-0.1, -0.05) is 6.58 Å². The number of pyridine rings is 2. The number of aryl methyl sites for hydroxylation is 1. The van der Waals surface area contributed by atoms with E-state index in [0.29, 0.717) is 50.7 Å². The summed E-state index contributed by atoms with van der Waals surface area (Å²) < 4.78 is 6.41. The van der Waals surface area contributed by atoms with Crippen molar-refractivity contribution in [2.75, 3.05) is 74.7 Å². The van der Waals surface area contributed by atoms with Crippen LogP contribution in [0.25, 0.3) is 0 Å². The number of likely N-dealkylation sites (tertiary alicyclic amines) is 1. The van der Waals surface area contributed by atoms with E-state index >= 15 is 0 Å². The number of carbonyl (C=O) groups is 1. The van der Waals surface area contributed by atoms with E-state index in [-0.39, 0.29) is 24.4 Å². The molecule has 0 aliphatic carbocycles. The second-order valence-corrected chi connectivity index (χ2v) is 12.3. The minimum atomic E-state index is -0.302. The van der Waals surface area contributed by atoms with Crippen LogP contribution in [-0.4, -0.2) is 97.7 Å². The lowest BCUT2D eigenvalue weighted by Gasteiger charge is -2.43. The number of amides is 1. The van der Waals surface area contributed by atoms with E-state index in [1.807, 2.05) is 12.4 Å². The van der Waals surface area contributed by atoms with Gasteiger partial charge >= 0.3 is 0 Å². The van der Waals surface area contributed by atoms with Gasteiger partial charge in [-0.2, -0.15) is 10.5 Å². The minimum absolute atomic E-state index is 0.174. The van der Waals surface area contributed by atoms with Gasteiger partial charge in [0.05, 0.1) is 54.0 Å². The smallest absolute Gasteiger partial charge is 0.246 e.